The highest BCUT2D eigenvalue weighted by molar-refractivity contribution is 7.09. The molecule has 1 N–H and O–H groups in total. The van der Waals surface area contributed by atoms with Crippen molar-refractivity contribution >= 4 is 23.7 Å². The first-order valence-electron chi connectivity index (χ1n) is 7.83. The summed E-state index contributed by atoms with van der Waals surface area (Å²) >= 11 is 1.78. The molecule has 0 radical (unpaired) electrons. The molecule has 0 bridgehead atoms. The number of aromatic nitrogens is 2. The van der Waals surface area contributed by atoms with Crippen LogP contribution in [-0.4, -0.2) is 34.5 Å². The number of piperazine rings is 1. The van der Waals surface area contributed by atoms with E-state index in [4.69, 9.17) is 4.98 Å². The molecular formula is C17H25ClN4S. The Bertz CT molecular complexity index is 609. The molecule has 1 unspecified atom stereocenters. The van der Waals surface area contributed by atoms with Crippen LogP contribution in [0.4, 0.5) is 0 Å². The zero-order valence-electron chi connectivity index (χ0n) is 14.0. The first kappa shape index (κ1) is 18.3. The Morgan fingerprint density at radius 3 is 2.70 bits per heavy atom. The van der Waals surface area contributed by atoms with Crippen molar-refractivity contribution in [2.24, 2.45) is 0 Å². The van der Waals surface area contributed by atoms with Gasteiger partial charge in [0.2, 0.25) is 0 Å². The Labute approximate surface area is 148 Å². The second-order valence-corrected chi connectivity index (χ2v) is 7.72. The Kier molecular flexibility index (Phi) is 6.14. The van der Waals surface area contributed by atoms with Gasteiger partial charge in [-0.05, 0) is 17.7 Å². The normalized spacial score (nSPS) is 19.3. The van der Waals surface area contributed by atoms with Crippen LogP contribution in [0.15, 0.2) is 29.9 Å². The molecule has 1 atom stereocenters. The lowest BCUT2D eigenvalue weighted by molar-refractivity contribution is 0.152. The van der Waals surface area contributed by atoms with E-state index in [0.717, 1.165) is 26.2 Å². The van der Waals surface area contributed by atoms with Crippen LogP contribution in [0.25, 0.3) is 0 Å². The van der Waals surface area contributed by atoms with E-state index in [-0.39, 0.29) is 17.8 Å². The van der Waals surface area contributed by atoms with Gasteiger partial charge in [0.1, 0.15) is 0 Å². The summed E-state index contributed by atoms with van der Waals surface area (Å²) in [5.74, 6) is 0. The number of halogens is 1. The maximum Gasteiger partial charge on any atom is 0.0982 e. The number of rotatable bonds is 3. The van der Waals surface area contributed by atoms with Gasteiger partial charge in [-0.2, -0.15) is 0 Å². The monoisotopic (exact) mass is 352 g/mol. The average molecular weight is 353 g/mol. The summed E-state index contributed by atoms with van der Waals surface area (Å²) in [4.78, 5) is 11.5. The predicted octanol–water partition coefficient (Wildman–Crippen LogP) is 3.40. The second-order valence-electron chi connectivity index (χ2n) is 6.86. The molecule has 6 heteroatoms. The van der Waals surface area contributed by atoms with E-state index < -0.39 is 0 Å². The maximum atomic E-state index is 4.85. The van der Waals surface area contributed by atoms with Gasteiger partial charge >= 0.3 is 0 Å². The molecule has 2 aromatic heterocycles. The van der Waals surface area contributed by atoms with Gasteiger partial charge in [-0.15, -0.1) is 23.7 Å². The van der Waals surface area contributed by atoms with Crippen LogP contribution >= 0.6 is 23.7 Å². The summed E-state index contributed by atoms with van der Waals surface area (Å²) in [5, 5.41) is 6.93. The molecular weight excluding hydrogens is 328 g/mol. The fraction of sp³-hybridized carbons (Fsp3) is 0.529. The van der Waals surface area contributed by atoms with E-state index in [2.05, 4.69) is 53.5 Å². The third-order valence-corrected chi connectivity index (χ3v) is 5.32. The van der Waals surface area contributed by atoms with Gasteiger partial charge < -0.3 is 5.32 Å². The Hall–Kier alpha value is -1.01. The van der Waals surface area contributed by atoms with E-state index in [1.807, 2.05) is 12.4 Å². The van der Waals surface area contributed by atoms with Crippen molar-refractivity contribution in [3.8, 4) is 0 Å². The van der Waals surface area contributed by atoms with Crippen LogP contribution in [0.3, 0.4) is 0 Å². The van der Waals surface area contributed by atoms with E-state index >= 15 is 0 Å². The topological polar surface area (TPSA) is 41.1 Å². The highest BCUT2D eigenvalue weighted by Gasteiger charge is 2.25. The fourth-order valence-corrected chi connectivity index (χ4v) is 3.68. The molecule has 3 rings (SSSR count). The maximum absolute atomic E-state index is 4.85. The quantitative estimate of drug-likeness (QED) is 0.919. The minimum atomic E-state index is 0. The van der Waals surface area contributed by atoms with E-state index in [1.165, 1.54) is 16.3 Å². The summed E-state index contributed by atoms with van der Waals surface area (Å²) in [6.07, 6.45) is 3.76. The number of hydrogen-bond acceptors (Lipinski definition) is 5. The number of hydrogen-bond donors (Lipinski definition) is 1. The zero-order chi connectivity index (χ0) is 15.6. The first-order chi connectivity index (χ1) is 10.5. The van der Waals surface area contributed by atoms with Crippen LogP contribution in [0.5, 0.6) is 0 Å². The molecule has 126 valence electrons. The number of nitrogens with zero attached hydrogens (tertiary/aromatic N) is 3. The molecule has 3 heterocycles. The third-order valence-electron chi connectivity index (χ3n) is 4.00. The molecule has 0 saturated carbocycles. The van der Waals surface area contributed by atoms with Crippen LogP contribution in [0, 0.1) is 0 Å². The van der Waals surface area contributed by atoms with Crippen molar-refractivity contribution in [2.45, 2.75) is 38.8 Å². The molecule has 0 spiro atoms. The summed E-state index contributed by atoms with van der Waals surface area (Å²) in [5.41, 5.74) is 2.65. The van der Waals surface area contributed by atoms with Crippen LogP contribution in [0.1, 0.15) is 43.1 Å². The summed E-state index contributed by atoms with van der Waals surface area (Å²) in [6.45, 7) is 10.7. The largest absolute Gasteiger partial charge is 0.314 e. The Morgan fingerprint density at radius 1 is 1.30 bits per heavy atom. The minimum Gasteiger partial charge on any atom is -0.314 e. The van der Waals surface area contributed by atoms with Gasteiger partial charge in [0, 0.05) is 55.4 Å². The molecule has 1 aliphatic rings. The molecule has 0 amide bonds. The molecule has 1 aliphatic heterocycles. The van der Waals surface area contributed by atoms with Crippen molar-refractivity contribution in [1.82, 2.24) is 20.2 Å². The highest BCUT2D eigenvalue weighted by Crippen LogP contribution is 2.28. The zero-order valence-corrected chi connectivity index (χ0v) is 15.6. The van der Waals surface area contributed by atoms with Crippen LogP contribution in [0.2, 0.25) is 0 Å². The Balaban J connectivity index is 0.00000192. The van der Waals surface area contributed by atoms with Gasteiger partial charge in [0.15, 0.2) is 0 Å². The molecule has 0 aliphatic carbocycles. The van der Waals surface area contributed by atoms with Gasteiger partial charge in [0.25, 0.3) is 0 Å². The van der Waals surface area contributed by atoms with Gasteiger partial charge in [-0.3, -0.25) is 9.88 Å². The van der Waals surface area contributed by atoms with E-state index in [9.17, 15) is 0 Å². The molecule has 1 saturated heterocycles. The summed E-state index contributed by atoms with van der Waals surface area (Å²) in [7, 11) is 0. The number of thiazole rings is 1. The summed E-state index contributed by atoms with van der Waals surface area (Å²) in [6, 6.07) is 4.63. The lowest BCUT2D eigenvalue weighted by atomic mass is 9.98. The van der Waals surface area contributed by atoms with Crippen molar-refractivity contribution in [3.63, 3.8) is 0 Å². The van der Waals surface area contributed by atoms with Crippen LogP contribution < -0.4 is 5.32 Å². The van der Waals surface area contributed by atoms with Crippen LogP contribution in [-0.2, 0) is 12.0 Å². The molecule has 2 aromatic rings. The Morgan fingerprint density at radius 2 is 2.04 bits per heavy atom. The van der Waals surface area contributed by atoms with Crippen molar-refractivity contribution in [1.29, 1.82) is 0 Å². The number of nitrogens with one attached hydrogen (secondary N) is 1. The smallest absolute Gasteiger partial charge is 0.0982 e. The highest BCUT2D eigenvalue weighted by atomic mass is 35.5. The standard InChI is InChI=1S/C17H24N4S.ClH/c1-17(2,3)16-20-14(12-22-16)11-21-9-8-19-10-15(21)13-4-6-18-7-5-13;/h4-7,12,15,19H,8-11H2,1-3H3;1H. The lowest BCUT2D eigenvalue weighted by Gasteiger charge is -2.36. The first-order valence-corrected chi connectivity index (χ1v) is 8.71. The molecule has 1 fully saturated rings. The van der Waals surface area contributed by atoms with Gasteiger partial charge in [-0.25, -0.2) is 4.98 Å². The average Bonchev–Trinajstić information content (AvgIpc) is 2.97. The third kappa shape index (κ3) is 4.51. The van der Waals surface area contributed by atoms with Crippen molar-refractivity contribution in [2.75, 3.05) is 19.6 Å². The molecule has 0 aromatic carbocycles. The summed E-state index contributed by atoms with van der Waals surface area (Å²) < 4.78 is 0. The number of pyridine rings is 1. The van der Waals surface area contributed by atoms with Gasteiger partial charge in [-0.1, -0.05) is 20.8 Å². The predicted molar refractivity (Wildman–Crippen MR) is 98.3 cm³/mol. The van der Waals surface area contributed by atoms with E-state index in [1.54, 1.807) is 11.3 Å². The second kappa shape index (κ2) is 7.71. The lowest BCUT2D eigenvalue weighted by Crippen LogP contribution is -2.45. The van der Waals surface area contributed by atoms with Gasteiger partial charge in [0.05, 0.1) is 10.7 Å². The minimum absolute atomic E-state index is 0. The van der Waals surface area contributed by atoms with Crippen molar-refractivity contribution in [3.05, 3.63) is 46.2 Å². The fourth-order valence-electron chi connectivity index (χ4n) is 2.78. The van der Waals surface area contributed by atoms with Crippen molar-refractivity contribution < 1.29 is 0 Å². The SMILES string of the molecule is CC(C)(C)c1nc(CN2CCNCC2c2ccncc2)cs1.Cl. The molecule has 23 heavy (non-hydrogen) atoms. The van der Waals surface area contributed by atoms with E-state index in [0.29, 0.717) is 6.04 Å². The molecule has 4 nitrogen and oxygen atoms in total.